The minimum Gasteiger partial charge on any atom is -0.382 e. The molecular weight excluding hydrogens is 504 g/mol. The average molecular weight is 535 g/mol. The largest absolute Gasteiger partial charge is 0.382 e. The van der Waals surface area contributed by atoms with Crippen LogP contribution in [0, 0.1) is 11.3 Å². The SMILES string of the molecule is CCC(Cc1cncn1Cc1ccc(C#N)cc1)Nc1ccc2sc(C(=O)NCCc3ccccn3)cc2c1. The second kappa shape index (κ2) is 12.4. The van der Waals surface area contributed by atoms with Crippen molar-refractivity contribution < 1.29 is 4.79 Å². The molecule has 3 heterocycles. The quantitative estimate of drug-likeness (QED) is 0.223. The van der Waals surface area contributed by atoms with Gasteiger partial charge in [0.25, 0.3) is 5.91 Å². The lowest BCUT2D eigenvalue weighted by Crippen LogP contribution is -2.25. The number of nitriles is 1. The van der Waals surface area contributed by atoms with E-state index in [1.165, 1.54) is 11.3 Å². The van der Waals surface area contributed by atoms with E-state index in [0.29, 0.717) is 30.0 Å². The van der Waals surface area contributed by atoms with E-state index in [4.69, 9.17) is 5.26 Å². The predicted octanol–water partition coefficient (Wildman–Crippen LogP) is 5.82. The minimum atomic E-state index is -0.0522. The van der Waals surface area contributed by atoms with Crippen LogP contribution in [0.5, 0.6) is 0 Å². The number of nitrogens with zero attached hydrogens (tertiary/aromatic N) is 4. The number of nitrogens with one attached hydrogen (secondary N) is 2. The van der Waals surface area contributed by atoms with Crippen LogP contribution in [0.2, 0.25) is 0 Å². The van der Waals surface area contributed by atoms with Crippen LogP contribution in [-0.4, -0.2) is 33.0 Å². The zero-order valence-electron chi connectivity index (χ0n) is 21.8. The summed E-state index contributed by atoms with van der Waals surface area (Å²) in [6.07, 6.45) is 8.04. The summed E-state index contributed by atoms with van der Waals surface area (Å²) in [5, 5.41) is 16.8. The molecule has 0 bridgehead atoms. The fraction of sp³-hybridized carbons (Fsp3) is 0.226. The minimum absolute atomic E-state index is 0.0522. The number of hydrogen-bond donors (Lipinski definition) is 2. The van der Waals surface area contributed by atoms with Crippen molar-refractivity contribution in [2.75, 3.05) is 11.9 Å². The van der Waals surface area contributed by atoms with Crippen molar-refractivity contribution in [1.82, 2.24) is 19.9 Å². The lowest BCUT2D eigenvalue weighted by atomic mass is 10.1. The summed E-state index contributed by atoms with van der Waals surface area (Å²) < 4.78 is 3.25. The zero-order chi connectivity index (χ0) is 27.0. The monoisotopic (exact) mass is 534 g/mol. The van der Waals surface area contributed by atoms with Crippen molar-refractivity contribution in [3.05, 3.63) is 113 Å². The van der Waals surface area contributed by atoms with Crippen molar-refractivity contribution in [2.45, 2.75) is 38.8 Å². The summed E-state index contributed by atoms with van der Waals surface area (Å²) in [4.78, 5) is 22.1. The number of thiophene rings is 1. The third kappa shape index (κ3) is 6.70. The maximum absolute atomic E-state index is 12.7. The third-order valence-corrected chi connectivity index (χ3v) is 7.80. The summed E-state index contributed by atoms with van der Waals surface area (Å²) >= 11 is 1.51. The van der Waals surface area contributed by atoms with E-state index in [9.17, 15) is 4.79 Å². The number of amides is 1. The predicted molar refractivity (Wildman–Crippen MR) is 156 cm³/mol. The molecule has 2 aromatic carbocycles. The Morgan fingerprint density at radius 3 is 2.77 bits per heavy atom. The number of benzene rings is 2. The van der Waals surface area contributed by atoms with Gasteiger partial charge in [0.2, 0.25) is 0 Å². The molecule has 1 amide bonds. The van der Waals surface area contributed by atoms with Gasteiger partial charge in [-0.05, 0) is 65.9 Å². The molecule has 2 N–H and O–H groups in total. The highest BCUT2D eigenvalue weighted by atomic mass is 32.1. The molecule has 0 aliphatic heterocycles. The summed E-state index contributed by atoms with van der Waals surface area (Å²) in [7, 11) is 0. The maximum Gasteiger partial charge on any atom is 0.261 e. The van der Waals surface area contributed by atoms with Gasteiger partial charge in [-0.15, -0.1) is 11.3 Å². The number of hydrogen-bond acceptors (Lipinski definition) is 6. The Bertz CT molecular complexity index is 1580. The van der Waals surface area contributed by atoms with Crippen LogP contribution in [0.4, 0.5) is 5.69 Å². The fourth-order valence-electron chi connectivity index (χ4n) is 4.51. The van der Waals surface area contributed by atoms with E-state index in [2.05, 4.69) is 56.4 Å². The van der Waals surface area contributed by atoms with E-state index < -0.39 is 0 Å². The molecule has 1 unspecified atom stereocenters. The number of carbonyl (C=O) groups excluding carboxylic acids is 1. The molecule has 8 heteroatoms. The first-order valence-corrected chi connectivity index (χ1v) is 13.9. The van der Waals surface area contributed by atoms with Gasteiger partial charge >= 0.3 is 0 Å². The molecule has 39 heavy (non-hydrogen) atoms. The van der Waals surface area contributed by atoms with Gasteiger partial charge in [0, 0.05) is 66.1 Å². The maximum atomic E-state index is 12.7. The summed E-state index contributed by atoms with van der Waals surface area (Å²) in [6, 6.07) is 24.1. The lowest BCUT2D eigenvalue weighted by Gasteiger charge is -2.19. The van der Waals surface area contributed by atoms with Gasteiger partial charge in [0.05, 0.1) is 22.8 Å². The van der Waals surface area contributed by atoms with Gasteiger partial charge in [0.15, 0.2) is 0 Å². The molecule has 7 nitrogen and oxygen atoms in total. The second-order valence-electron chi connectivity index (χ2n) is 9.47. The van der Waals surface area contributed by atoms with Crippen molar-refractivity contribution in [3.8, 4) is 6.07 Å². The highest BCUT2D eigenvalue weighted by Crippen LogP contribution is 2.29. The summed E-state index contributed by atoms with van der Waals surface area (Å²) in [6.45, 7) is 3.44. The summed E-state index contributed by atoms with van der Waals surface area (Å²) in [5.41, 5.74) is 4.95. The molecule has 0 fully saturated rings. The first-order chi connectivity index (χ1) is 19.1. The van der Waals surface area contributed by atoms with Gasteiger partial charge in [-0.1, -0.05) is 25.1 Å². The number of aromatic nitrogens is 3. The van der Waals surface area contributed by atoms with Crippen LogP contribution in [0.25, 0.3) is 10.1 Å². The number of carbonyl (C=O) groups is 1. The second-order valence-corrected chi connectivity index (χ2v) is 10.5. The molecule has 5 rings (SSSR count). The molecule has 3 aromatic heterocycles. The van der Waals surface area contributed by atoms with E-state index in [1.54, 1.807) is 6.20 Å². The molecule has 0 aliphatic rings. The third-order valence-electron chi connectivity index (χ3n) is 6.69. The van der Waals surface area contributed by atoms with Gasteiger partial charge in [0.1, 0.15) is 0 Å². The van der Waals surface area contributed by atoms with Crippen LogP contribution in [0.15, 0.2) is 85.5 Å². The van der Waals surface area contributed by atoms with Crippen LogP contribution < -0.4 is 10.6 Å². The Morgan fingerprint density at radius 2 is 2.00 bits per heavy atom. The van der Waals surface area contributed by atoms with Crippen molar-refractivity contribution in [2.24, 2.45) is 0 Å². The standard InChI is InChI=1S/C31H30N6OS/c1-2-25(17-28-19-33-21-37(28)20-23-8-6-22(18-32)7-9-23)36-27-10-11-29-24(15-27)16-30(39-29)31(38)35-14-12-26-5-3-4-13-34-26/h3-11,13,15-16,19,21,25,36H,2,12,14,17,20H2,1H3,(H,35,38). The van der Waals surface area contributed by atoms with Gasteiger partial charge in [-0.3, -0.25) is 9.78 Å². The average Bonchev–Trinajstić information content (AvgIpc) is 3.60. The molecular formula is C31H30N6OS. The smallest absolute Gasteiger partial charge is 0.261 e. The van der Waals surface area contributed by atoms with Crippen molar-refractivity contribution in [3.63, 3.8) is 0 Å². The van der Waals surface area contributed by atoms with Crippen LogP contribution in [0.3, 0.4) is 0 Å². The molecule has 0 saturated heterocycles. The Morgan fingerprint density at radius 1 is 1.13 bits per heavy atom. The normalized spacial score (nSPS) is 11.7. The number of imidazole rings is 1. The van der Waals surface area contributed by atoms with Gasteiger partial charge in [-0.2, -0.15) is 5.26 Å². The number of fused-ring (bicyclic) bond motifs is 1. The highest BCUT2D eigenvalue weighted by molar-refractivity contribution is 7.20. The van der Waals surface area contributed by atoms with Crippen LogP contribution in [0.1, 0.15) is 45.5 Å². The Balaban J connectivity index is 1.20. The molecule has 0 radical (unpaired) electrons. The fourth-order valence-corrected chi connectivity index (χ4v) is 5.47. The number of rotatable bonds is 11. The molecule has 1 atom stereocenters. The molecule has 0 spiro atoms. The first kappa shape index (κ1) is 26.1. The number of anilines is 1. The van der Waals surface area contributed by atoms with E-state index >= 15 is 0 Å². The Labute approximate surface area is 232 Å². The van der Waals surface area contributed by atoms with E-state index in [0.717, 1.165) is 45.6 Å². The lowest BCUT2D eigenvalue weighted by molar-refractivity contribution is 0.0958. The van der Waals surface area contributed by atoms with Crippen LogP contribution in [-0.2, 0) is 19.4 Å². The highest BCUT2D eigenvalue weighted by Gasteiger charge is 2.14. The Kier molecular flexibility index (Phi) is 8.29. The van der Waals surface area contributed by atoms with Gasteiger partial charge < -0.3 is 15.2 Å². The summed E-state index contributed by atoms with van der Waals surface area (Å²) in [5.74, 6) is -0.0522. The first-order valence-electron chi connectivity index (χ1n) is 13.1. The molecule has 5 aromatic rings. The van der Waals surface area contributed by atoms with Crippen molar-refractivity contribution >= 4 is 33.0 Å². The van der Waals surface area contributed by atoms with Crippen molar-refractivity contribution in [1.29, 1.82) is 5.26 Å². The molecule has 0 aliphatic carbocycles. The topological polar surface area (TPSA) is 95.6 Å². The van der Waals surface area contributed by atoms with Crippen LogP contribution >= 0.6 is 11.3 Å². The molecule has 0 saturated carbocycles. The Hall–Kier alpha value is -4.48. The van der Waals surface area contributed by atoms with E-state index in [-0.39, 0.29) is 11.9 Å². The van der Waals surface area contributed by atoms with Gasteiger partial charge in [-0.25, -0.2) is 4.98 Å². The number of pyridine rings is 1. The molecule has 196 valence electrons. The zero-order valence-corrected chi connectivity index (χ0v) is 22.6. The van der Waals surface area contributed by atoms with E-state index in [1.807, 2.05) is 61.1 Å².